The summed E-state index contributed by atoms with van der Waals surface area (Å²) in [5, 5.41) is 21.1. The Morgan fingerprint density at radius 2 is 2.00 bits per heavy atom. The third-order valence-corrected chi connectivity index (χ3v) is 3.11. The predicted octanol–water partition coefficient (Wildman–Crippen LogP) is 2.57. The van der Waals surface area contributed by atoms with Crippen molar-refractivity contribution in [2.24, 2.45) is 0 Å². The smallest absolute Gasteiger partial charge is 0.161 e. The third-order valence-electron chi connectivity index (χ3n) is 2.13. The van der Waals surface area contributed by atoms with Crippen molar-refractivity contribution in [1.29, 1.82) is 0 Å². The number of para-hydroxylation sites is 2. The second-order valence-corrected chi connectivity index (χ2v) is 4.29. The molecule has 0 radical (unpaired) electrons. The number of aromatic hydroxyl groups is 1. The lowest BCUT2D eigenvalue weighted by atomic mass is 10.3. The van der Waals surface area contributed by atoms with E-state index in [2.05, 4.69) is 0 Å². The quantitative estimate of drug-likeness (QED) is 0.857. The Morgan fingerprint density at radius 3 is 2.69 bits per heavy atom. The van der Waals surface area contributed by atoms with Gasteiger partial charge in [-0.05, 0) is 23.6 Å². The summed E-state index contributed by atoms with van der Waals surface area (Å²) < 4.78 is 5.33. The van der Waals surface area contributed by atoms with E-state index < -0.39 is 6.10 Å². The Labute approximate surface area is 97.6 Å². The molecule has 0 aliphatic heterocycles. The van der Waals surface area contributed by atoms with Crippen LogP contribution in [-0.2, 0) is 0 Å². The normalized spacial score (nSPS) is 12.3. The first-order valence-corrected chi connectivity index (χ1v) is 5.77. The number of hydrogen-bond donors (Lipinski definition) is 2. The fraction of sp³-hybridized carbons (Fsp3) is 0.167. The van der Waals surface area contributed by atoms with Crippen LogP contribution >= 0.6 is 11.3 Å². The average Bonchev–Trinajstić information content (AvgIpc) is 2.81. The molecule has 1 atom stereocenters. The van der Waals surface area contributed by atoms with Crippen LogP contribution in [0, 0.1) is 0 Å². The van der Waals surface area contributed by atoms with Crippen LogP contribution in [0.3, 0.4) is 0 Å². The second-order valence-electron chi connectivity index (χ2n) is 3.31. The summed E-state index contributed by atoms with van der Waals surface area (Å²) in [6.45, 7) is 0.137. The van der Waals surface area contributed by atoms with Crippen LogP contribution in [0.2, 0.25) is 0 Å². The van der Waals surface area contributed by atoms with E-state index in [0.29, 0.717) is 5.75 Å². The molecule has 0 aliphatic carbocycles. The van der Waals surface area contributed by atoms with Crippen molar-refractivity contribution in [3.05, 3.63) is 46.7 Å². The van der Waals surface area contributed by atoms with E-state index in [1.54, 1.807) is 24.3 Å². The van der Waals surface area contributed by atoms with Crippen LogP contribution in [-0.4, -0.2) is 16.8 Å². The molecule has 2 aromatic rings. The van der Waals surface area contributed by atoms with Crippen molar-refractivity contribution in [3.8, 4) is 11.5 Å². The van der Waals surface area contributed by atoms with Crippen LogP contribution in [0.5, 0.6) is 11.5 Å². The summed E-state index contributed by atoms with van der Waals surface area (Å²) in [4.78, 5) is 0.857. The molecule has 4 heteroatoms. The van der Waals surface area contributed by atoms with E-state index in [1.165, 1.54) is 11.3 Å². The van der Waals surface area contributed by atoms with Crippen molar-refractivity contribution in [1.82, 2.24) is 0 Å². The van der Waals surface area contributed by atoms with E-state index in [0.717, 1.165) is 4.88 Å². The highest BCUT2D eigenvalue weighted by Crippen LogP contribution is 2.26. The molecule has 0 aliphatic rings. The predicted molar refractivity (Wildman–Crippen MR) is 62.9 cm³/mol. The van der Waals surface area contributed by atoms with Crippen LogP contribution in [0.15, 0.2) is 41.8 Å². The van der Waals surface area contributed by atoms with Gasteiger partial charge in [0.25, 0.3) is 0 Å². The van der Waals surface area contributed by atoms with Crippen LogP contribution < -0.4 is 4.74 Å². The van der Waals surface area contributed by atoms with Gasteiger partial charge < -0.3 is 14.9 Å². The fourth-order valence-electron chi connectivity index (χ4n) is 1.31. The summed E-state index contributed by atoms with van der Waals surface area (Å²) in [5.74, 6) is 0.471. The summed E-state index contributed by atoms with van der Waals surface area (Å²) in [7, 11) is 0. The van der Waals surface area contributed by atoms with Gasteiger partial charge in [0, 0.05) is 4.88 Å². The number of phenolic OH excluding ortho intramolecular Hbond substituents is 1. The highest BCUT2D eigenvalue weighted by molar-refractivity contribution is 7.10. The average molecular weight is 236 g/mol. The van der Waals surface area contributed by atoms with E-state index in [-0.39, 0.29) is 12.4 Å². The van der Waals surface area contributed by atoms with Gasteiger partial charge in [-0.2, -0.15) is 0 Å². The number of phenols is 1. The topological polar surface area (TPSA) is 49.7 Å². The molecule has 2 N–H and O–H groups in total. The van der Waals surface area contributed by atoms with Gasteiger partial charge in [0.05, 0.1) is 0 Å². The molecule has 0 bridgehead atoms. The van der Waals surface area contributed by atoms with Gasteiger partial charge in [0.1, 0.15) is 12.7 Å². The lowest BCUT2D eigenvalue weighted by Gasteiger charge is -2.11. The summed E-state index contributed by atoms with van der Waals surface area (Å²) in [6.07, 6.45) is -0.653. The minimum absolute atomic E-state index is 0.0841. The van der Waals surface area contributed by atoms with Gasteiger partial charge in [-0.25, -0.2) is 0 Å². The Morgan fingerprint density at radius 1 is 1.19 bits per heavy atom. The van der Waals surface area contributed by atoms with Crippen molar-refractivity contribution >= 4 is 11.3 Å². The highest BCUT2D eigenvalue weighted by atomic mass is 32.1. The monoisotopic (exact) mass is 236 g/mol. The summed E-state index contributed by atoms with van der Waals surface area (Å²) >= 11 is 1.48. The first-order chi connectivity index (χ1) is 7.77. The van der Waals surface area contributed by atoms with Gasteiger partial charge in [0.15, 0.2) is 11.5 Å². The van der Waals surface area contributed by atoms with Crippen molar-refractivity contribution in [3.63, 3.8) is 0 Å². The Balaban J connectivity index is 1.95. The molecule has 2 rings (SSSR count). The molecule has 0 saturated heterocycles. The molecule has 0 saturated carbocycles. The lowest BCUT2D eigenvalue weighted by Crippen LogP contribution is -2.08. The van der Waals surface area contributed by atoms with Crippen LogP contribution in [0.4, 0.5) is 0 Å². The first-order valence-electron chi connectivity index (χ1n) is 4.89. The number of thiophene rings is 1. The van der Waals surface area contributed by atoms with Gasteiger partial charge in [0.2, 0.25) is 0 Å². The van der Waals surface area contributed by atoms with Crippen molar-refractivity contribution in [2.75, 3.05) is 6.61 Å². The van der Waals surface area contributed by atoms with Crippen molar-refractivity contribution in [2.45, 2.75) is 6.10 Å². The molecule has 0 fully saturated rings. The third kappa shape index (κ3) is 2.53. The molecule has 1 heterocycles. The number of benzene rings is 1. The first kappa shape index (κ1) is 11.0. The largest absolute Gasteiger partial charge is 0.504 e. The molecule has 3 nitrogen and oxygen atoms in total. The Kier molecular flexibility index (Phi) is 3.44. The number of hydrogen-bond acceptors (Lipinski definition) is 4. The van der Waals surface area contributed by atoms with E-state index >= 15 is 0 Å². The molecule has 1 unspecified atom stereocenters. The molecule has 0 amide bonds. The summed E-state index contributed by atoms with van der Waals surface area (Å²) in [6, 6.07) is 10.4. The van der Waals surface area contributed by atoms with E-state index in [1.807, 2.05) is 17.5 Å². The lowest BCUT2D eigenvalue weighted by molar-refractivity contribution is 0.109. The Bertz CT molecular complexity index is 439. The minimum Gasteiger partial charge on any atom is -0.504 e. The van der Waals surface area contributed by atoms with Crippen LogP contribution in [0.1, 0.15) is 11.0 Å². The van der Waals surface area contributed by atoms with Gasteiger partial charge >= 0.3 is 0 Å². The Hall–Kier alpha value is -1.52. The minimum atomic E-state index is -0.653. The standard InChI is InChI=1S/C12H12O3S/c13-9-4-1-2-5-11(9)15-8-10(14)12-6-3-7-16-12/h1-7,10,13-14H,8H2. The number of rotatable bonds is 4. The van der Waals surface area contributed by atoms with Gasteiger partial charge in [-0.1, -0.05) is 18.2 Å². The fourth-order valence-corrected chi connectivity index (χ4v) is 2.01. The molecule has 1 aromatic heterocycles. The maximum Gasteiger partial charge on any atom is 0.161 e. The van der Waals surface area contributed by atoms with Gasteiger partial charge in [-0.15, -0.1) is 11.3 Å². The summed E-state index contributed by atoms with van der Waals surface area (Å²) in [5.41, 5.74) is 0. The second kappa shape index (κ2) is 5.01. The van der Waals surface area contributed by atoms with E-state index in [4.69, 9.17) is 4.74 Å². The zero-order valence-corrected chi connectivity index (χ0v) is 9.35. The number of ether oxygens (including phenoxy) is 1. The zero-order chi connectivity index (χ0) is 11.4. The zero-order valence-electron chi connectivity index (χ0n) is 8.54. The number of aliphatic hydroxyl groups excluding tert-OH is 1. The van der Waals surface area contributed by atoms with E-state index in [9.17, 15) is 10.2 Å². The van der Waals surface area contributed by atoms with Gasteiger partial charge in [-0.3, -0.25) is 0 Å². The molecule has 84 valence electrons. The van der Waals surface area contributed by atoms with Crippen LogP contribution in [0.25, 0.3) is 0 Å². The number of aliphatic hydroxyl groups is 1. The highest BCUT2D eigenvalue weighted by Gasteiger charge is 2.10. The molecule has 1 aromatic carbocycles. The molecule has 16 heavy (non-hydrogen) atoms. The molecular weight excluding hydrogens is 224 g/mol. The maximum atomic E-state index is 9.77. The van der Waals surface area contributed by atoms with Crippen molar-refractivity contribution < 1.29 is 14.9 Å². The maximum absolute atomic E-state index is 9.77. The molecule has 0 spiro atoms. The molecular formula is C12H12O3S. The SMILES string of the molecule is Oc1ccccc1OCC(O)c1cccs1.